The highest BCUT2D eigenvalue weighted by atomic mass is 16.4. The largest absolute Gasteiger partial charge is 0.477 e. The van der Waals surface area contributed by atoms with Crippen LogP contribution in [-0.4, -0.2) is 34.3 Å². The van der Waals surface area contributed by atoms with Gasteiger partial charge in [-0.1, -0.05) is 13.0 Å². The smallest absolute Gasteiger partial charge is 0.354 e. The van der Waals surface area contributed by atoms with Crippen molar-refractivity contribution in [1.29, 1.82) is 0 Å². The summed E-state index contributed by atoms with van der Waals surface area (Å²) in [6.07, 6.45) is 0.714. The van der Waals surface area contributed by atoms with Crippen LogP contribution in [0.4, 0.5) is 5.82 Å². The van der Waals surface area contributed by atoms with Crippen LogP contribution in [0.3, 0.4) is 0 Å². The number of hydrogen-bond donors (Lipinski definition) is 3. The van der Waals surface area contributed by atoms with Crippen LogP contribution in [0.25, 0.3) is 0 Å². The highest BCUT2D eigenvalue weighted by Gasteiger charge is 2.06. The van der Waals surface area contributed by atoms with Crippen molar-refractivity contribution in [2.45, 2.75) is 13.3 Å². The predicted molar refractivity (Wildman–Crippen MR) is 60.6 cm³/mol. The van der Waals surface area contributed by atoms with Gasteiger partial charge in [-0.15, -0.1) is 0 Å². The molecule has 0 aromatic carbocycles. The maximum absolute atomic E-state index is 10.7. The van der Waals surface area contributed by atoms with Gasteiger partial charge in [0.1, 0.15) is 5.82 Å². The number of hydrogen-bond acceptors (Lipinski definition) is 4. The predicted octanol–water partition coefficient (Wildman–Crippen LogP) is 1.21. The molecule has 5 nitrogen and oxygen atoms in total. The Kier molecular flexibility index (Phi) is 4.72. The Morgan fingerprint density at radius 3 is 2.94 bits per heavy atom. The summed E-state index contributed by atoms with van der Waals surface area (Å²) in [7, 11) is 0. The van der Waals surface area contributed by atoms with E-state index in [-0.39, 0.29) is 12.3 Å². The van der Waals surface area contributed by atoms with E-state index in [2.05, 4.69) is 10.3 Å². The molecule has 0 spiro atoms. The van der Waals surface area contributed by atoms with E-state index in [1.54, 1.807) is 12.1 Å². The van der Waals surface area contributed by atoms with Crippen molar-refractivity contribution in [3.63, 3.8) is 0 Å². The van der Waals surface area contributed by atoms with E-state index in [4.69, 9.17) is 10.2 Å². The van der Waals surface area contributed by atoms with E-state index in [9.17, 15) is 4.79 Å². The Morgan fingerprint density at radius 2 is 2.31 bits per heavy atom. The zero-order valence-corrected chi connectivity index (χ0v) is 9.18. The molecule has 16 heavy (non-hydrogen) atoms. The fourth-order valence-electron chi connectivity index (χ4n) is 1.25. The molecule has 1 rings (SSSR count). The van der Waals surface area contributed by atoms with Gasteiger partial charge in [0.05, 0.1) is 0 Å². The maximum atomic E-state index is 10.7. The zero-order valence-electron chi connectivity index (χ0n) is 9.18. The Morgan fingerprint density at radius 1 is 1.56 bits per heavy atom. The fraction of sp³-hybridized carbons (Fsp3) is 0.455. The SMILES string of the molecule is CC(CCO)CNc1cccc(C(=O)O)n1. The molecule has 5 heteroatoms. The molecule has 1 aromatic heterocycles. The number of aromatic nitrogens is 1. The van der Waals surface area contributed by atoms with E-state index in [0.29, 0.717) is 24.7 Å². The molecular weight excluding hydrogens is 208 g/mol. The topological polar surface area (TPSA) is 82.5 Å². The molecule has 0 fully saturated rings. The number of aliphatic hydroxyl groups is 1. The standard InChI is InChI=1S/C11H16N2O3/c1-8(5-6-14)7-12-10-4-2-3-9(13-10)11(15)16/h2-4,8,14H,5-7H2,1H3,(H,12,13)(H,15,16). The number of aliphatic hydroxyl groups excluding tert-OH is 1. The number of carboxylic acids is 1. The maximum Gasteiger partial charge on any atom is 0.354 e. The van der Waals surface area contributed by atoms with Crippen molar-refractivity contribution in [3.8, 4) is 0 Å². The number of carboxylic acid groups (broad SMARTS) is 1. The highest BCUT2D eigenvalue weighted by Crippen LogP contribution is 2.07. The number of anilines is 1. The molecule has 0 radical (unpaired) electrons. The zero-order chi connectivity index (χ0) is 12.0. The van der Waals surface area contributed by atoms with Crippen LogP contribution in [0.15, 0.2) is 18.2 Å². The molecule has 0 bridgehead atoms. The van der Waals surface area contributed by atoms with Gasteiger partial charge in [-0.3, -0.25) is 0 Å². The first-order valence-electron chi connectivity index (χ1n) is 5.18. The summed E-state index contributed by atoms with van der Waals surface area (Å²) in [4.78, 5) is 14.6. The van der Waals surface area contributed by atoms with Crippen molar-refractivity contribution >= 4 is 11.8 Å². The lowest BCUT2D eigenvalue weighted by molar-refractivity contribution is 0.0690. The molecule has 88 valence electrons. The van der Waals surface area contributed by atoms with Gasteiger partial charge in [0.2, 0.25) is 0 Å². The summed E-state index contributed by atoms with van der Waals surface area (Å²) in [5.41, 5.74) is 0.0276. The number of rotatable bonds is 6. The molecule has 0 aliphatic heterocycles. The third-order valence-electron chi connectivity index (χ3n) is 2.22. The number of nitrogens with zero attached hydrogens (tertiary/aromatic N) is 1. The number of aromatic carboxylic acids is 1. The second kappa shape index (κ2) is 6.07. The van der Waals surface area contributed by atoms with E-state index in [1.165, 1.54) is 6.07 Å². The Balaban J connectivity index is 2.54. The second-order valence-electron chi connectivity index (χ2n) is 3.71. The van der Waals surface area contributed by atoms with E-state index in [1.807, 2.05) is 6.92 Å². The third kappa shape index (κ3) is 3.86. The lowest BCUT2D eigenvalue weighted by atomic mass is 10.1. The first-order chi connectivity index (χ1) is 7.63. The van der Waals surface area contributed by atoms with Gasteiger partial charge in [0.15, 0.2) is 5.69 Å². The molecule has 0 aliphatic carbocycles. The minimum Gasteiger partial charge on any atom is -0.477 e. The Hall–Kier alpha value is -1.62. The van der Waals surface area contributed by atoms with Gasteiger partial charge < -0.3 is 15.5 Å². The first kappa shape index (κ1) is 12.4. The molecule has 1 heterocycles. The van der Waals surface area contributed by atoms with Crippen LogP contribution in [0.2, 0.25) is 0 Å². The van der Waals surface area contributed by atoms with Crippen molar-refractivity contribution in [1.82, 2.24) is 4.98 Å². The molecule has 0 amide bonds. The average molecular weight is 224 g/mol. The van der Waals surface area contributed by atoms with Crippen molar-refractivity contribution in [3.05, 3.63) is 23.9 Å². The van der Waals surface area contributed by atoms with Crippen LogP contribution in [0.1, 0.15) is 23.8 Å². The summed E-state index contributed by atoms with van der Waals surface area (Å²) in [6.45, 7) is 2.83. The van der Waals surface area contributed by atoms with Crippen molar-refractivity contribution in [2.24, 2.45) is 5.92 Å². The molecule has 0 saturated heterocycles. The summed E-state index contributed by atoms with van der Waals surface area (Å²) in [5.74, 6) is -0.169. The van der Waals surface area contributed by atoms with Gasteiger partial charge in [-0.2, -0.15) is 0 Å². The van der Waals surface area contributed by atoms with Crippen LogP contribution >= 0.6 is 0 Å². The normalized spacial score (nSPS) is 12.1. The number of nitrogens with one attached hydrogen (secondary N) is 1. The summed E-state index contributed by atoms with van der Waals surface area (Å²) >= 11 is 0. The molecular formula is C11H16N2O3. The van der Waals surface area contributed by atoms with Gasteiger partial charge in [0, 0.05) is 13.2 Å². The van der Waals surface area contributed by atoms with Crippen LogP contribution in [0, 0.1) is 5.92 Å². The molecule has 3 N–H and O–H groups in total. The van der Waals surface area contributed by atoms with Crippen LogP contribution in [0.5, 0.6) is 0 Å². The summed E-state index contributed by atoms with van der Waals surface area (Å²) in [6, 6.07) is 4.82. The summed E-state index contributed by atoms with van der Waals surface area (Å²) in [5, 5.41) is 20.5. The molecule has 0 saturated carbocycles. The molecule has 1 aromatic rings. The lowest BCUT2D eigenvalue weighted by Gasteiger charge is -2.11. The monoisotopic (exact) mass is 224 g/mol. The Labute approximate surface area is 94.1 Å². The van der Waals surface area contributed by atoms with Gasteiger partial charge in [-0.25, -0.2) is 9.78 Å². The second-order valence-corrected chi connectivity index (χ2v) is 3.71. The average Bonchev–Trinajstić information content (AvgIpc) is 2.27. The number of carbonyl (C=O) groups is 1. The van der Waals surface area contributed by atoms with E-state index in [0.717, 1.165) is 0 Å². The van der Waals surface area contributed by atoms with Crippen molar-refractivity contribution in [2.75, 3.05) is 18.5 Å². The molecule has 1 unspecified atom stereocenters. The van der Waals surface area contributed by atoms with E-state index < -0.39 is 5.97 Å². The van der Waals surface area contributed by atoms with Gasteiger partial charge >= 0.3 is 5.97 Å². The molecule has 1 atom stereocenters. The Bertz CT molecular complexity index is 355. The number of pyridine rings is 1. The fourth-order valence-corrected chi connectivity index (χ4v) is 1.25. The minimum absolute atomic E-state index is 0.0276. The highest BCUT2D eigenvalue weighted by molar-refractivity contribution is 5.85. The lowest BCUT2D eigenvalue weighted by Crippen LogP contribution is -2.14. The summed E-state index contributed by atoms with van der Waals surface area (Å²) < 4.78 is 0. The first-order valence-corrected chi connectivity index (χ1v) is 5.18. The third-order valence-corrected chi connectivity index (χ3v) is 2.22. The van der Waals surface area contributed by atoms with E-state index >= 15 is 0 Å². The quantitative estimate of drug-likeness (QED) is 0.676. The van der Waals surface area contributed by atoms with Gasteiger partial charge in [-0.05, 0) is 24.5 Å². The van der Waals surface area contributed by atoms with Crippen LogP contribution < -0.4 is 5.32 Å². The van der Waals surface area contributed by atoms with Crippen LogP contribution in [-0.2, 0) is 0 Å². The van der Waals surface area contributed by atoms with Gasteiger partial charge in [0.25, 0.3) is 0 Å². The van der Waals surface area contributed by atoms with Crippen molar-refractivity contribution < 1.29 is 15.0 Å². The molecule has 0 aliphatic rings. The minimum atomic E-state index is -1.04.